The number of carbonyl (C=O) groups excluding carboxylic acids is 2. The van der Waals surface area contributed by atoms with E-state index in [1.165, 1.54) is 6.08 Å². The van der Waals surface area contributed by atoms with Gasteiger partial charge in [-0.3, -0.25) is 4.79 Å². The predicted octanol–water partition coefficient (Wildman–Crippen LogP) is 4.37. The summed E-state index contributed by atoms with van der Waals surface area (Å²) in [7, 11) is 0. The number of nitrogen functional groups attached to an aromatic ring is 1. The minimum Gasteiger partial charge on any atom is -0.457 e. The van der Waals surface area contributed by atoms with Gasteiger partial charge in [0.1, 0.15) is 5.60 Å². The molecule has 0 aromatic heterocycles. The van der Waals surface area contributed by atoms with Crippen LogP contribution < -0.4 is 11.1 Å². The Labute approximate surface area is 160 Å². The van der Waals surface area contributed by atoms with Crippen molar-refractivity contribution >= 4 is 29.3 Å². The summed E-state index contributed by atoms with van der Waals surface area (Å²) in [4.78, 5) is 24.2. The quantitative estimate of drug-likeness (QED) is 0.468. The van der Waals surface area contributed by atoms with E-state index in [0.29, 0.717) is 11.4 Å². The molecule has 0 unspecified atom stereocenters. The van der Waals surface area contributed by atoms with Gasteiger partial charge in [0.15, 0.2) is 0 Å². The Morgan fingerprint density at radius 3 is 2.30 bits per heavy atom. The second kappa shape index (κ2) is 8.54. The van der Waals surface area contributed by atoms with Crippen LogP contribution in [0.15, 0.2) is 54.6 Å². The normalized spacial score (nSPS) is 12.6. The molecular formula is C22H26N2O3. The van der Waals surface area contributed by atoms with Crippen molar-refractivity contribution in [1.82, 2.24) is 0 Å². The van der Waals surface area contributed by atoms with Crippen molar-refractivity contribution in [3.63, 3.8) is 0 Å². The van der Waals surface area contributed by atoms with Gasteiger partial charge in [0.05, 0.1) is 17.3 Å². The van der Waals surface area contributed by atoms with Crippen LogP contribution in [0.4, 0.5) is 11.4 Å². The fourth-order valence-electron chi connectivity index (χ4n) is 2.40. The molecule has 5 nitrogen and oxygen atoms in total. The van der Waals surface area contributed by atoms with E-state index in [-0.39, 0.29) is 17.8 Å². The summed E-state index contributed by atoms with van der Waals surface area (Å²) >= 11 is 0. The molecule has 0 aliphatic rings. The van der Waals surface area contributed by atoms with Gasteiger partial charge in [0, 0.05) is 6.08 Å². The van der Waals surface area contributed by atoms with Crippen LogP contribution in [-0.2, 0) is 14.3 Å². The molecule has 0 saturated carbocycles. The Bertz CT molecular complexity index is 833. The van der Waals surface area contributed by atoms with E-state index in [9.17, 15) is 9.59 Å². The first kappa shape index (κ1) is 20.2. The average Bonchev–Trinajstić information content (AvgIpc) is 2.60. The summed E-state index contributed by atoms with van der Waals surface area (Å²) in [6.45, 7) is 7.30. The summed E-state index contributed by atoms with van der Waals surface area (Å²) in [6, 6.07) is 14.6. The van der Waals surface area contributed by atoms with Crippen LogP contribution in [0.3, 0.4) is 0 Å². The zero-order valence-electron chi connectivity index (χ0n) is 16.2. The Kier molecular flexibility index (Phi) is 6.40. The van der Waals surface area contributed by atoms with Crippen LogP contribution in [-0.4, -0.2) is 17.5 Å². The summed E-state index contributed by atoms with van der Waals surface area (Å²) in [5.74, 6) is -0.863. The third-order valence-corrected chi connectivity index (χ3v) is 3.87. The summed E-state index contributed by atoms with van der Waals surface area (Å²) in [5.41, 5.74) is 8.20. The number of hydrogen-bond donors (Lipinski definition) is 2. The molecule has 0 radical (unpaired) electrons. The van der Waals surface area contributed by atoms with Gasteiger partial charge in [-0.05, 0) is 57.0 Å². The van der Waals surface area contributed by atoms with Crippen LogP contribution in [0.25, 0.3) is 6.08 Å². The van der Waals surface area contributed by atoms with Gasteiger partial charge in [-0.15, -0.1) is 0 Å². The van der Waals surface area contributed by atoms with E-state index in [0.717, 1.165) is 11.1 Å². The zero-order chi connectivity index (χ0) is 20.0. The maximum Gasteiger partial charge on any atom is 0.331 e. The van der Waals surface area contributed by atoms with Gasteiger partial charge in [0.25, 0.3) is 0 Å². The molecule has 0 aliphatic carbocycles. The molecule has 142 valence electrons. The Morgan fingerprint density at radius 2 is 1.70 bits per heavy atom. The summed E-state index contributed by atoms with van der Waals surface area (Å²) in [5, 5.41) is 2.85. The number of benzene rings is 2. The van der Waals surface area contributed by atoms with E-state index >= 15 is 0 Å². The molecule has 0 fully saturated rings. The molecular weight excluding hydrogens is 340 g/mol. The molecule has 2 rings (SSSR count). The van der Waals surface area contributed by atoms with Crippen molar-refractivity contribution < 1.29 is 14.3 Å². The SMILES string of the molecule is C[C@@H](C(=O)Nc1ccccc1N)c1ccc(/C=C/C(=O)OC(C)(C)C)cc1. The highest BCUT2D eigenvalue weighted by atomic mass is 16.6. The van der Waals surface area contributed by atoms with Crippen molar-refractivity contribution in [2.75, 3.05) is 11.1 Å². The minimum atomic E-state index is -0.518. The number of nitrogens with two attached hydrogens (primary N) is 1. The summed E-state index contributed by atoms with van der Waals surface area (Å²) < 4.78 is 5.23. The molecule has 27 heavy (non-hydrogen) atoms. The lowest BCUT2D eigenvalue weighted by Gasteiger charge is -2.17. The third-order valence-electron chi connectivity index (χ3n) is 3.87. The number of carbonyl (C=O) groups is 2. The second-order valence-corrected chi connectivity index (χ2v) is 7.33. The molecule has 0 bridgehead atoms. The first-order valence-electron chi connectivity index (χ1n) is 8.82. The van der Waals surface area contributed by atoms with Gasteiger partial charge in [-0.1, -0.05) is 36.4 Å². The molecule has 1 amide bonds. The van der Waals surface area contributed by atoms with Gasteiger partial charge >= 0.3 is 5.97 Å². The van der Waals surface area contributed by atoms with E-state index in [4.69, 9.17) is 10.5 Å². The Morgan fingerprint density at radius 1 is 1.07 bits per heavy atom. The van der Waals surface area contributed by atoms with Gasteiger partial charge in [0.2, 0.25) is 5.91 Å². The van der Waals surface area contributed by atoms with Crippen LogP contribution >= 0.6 is 0 Å². The molecule has 2 aromatic carbocycles. The number of ether oxygens (including phenoxy) is 1. The number of para-hydroxylation sites is 2. The molecule has 2 aromatic rings. The number of anilines is 2. The van der Waals surface area contributed by atoms with Gasteiger partial charge < -0.3 is 15.8 Å². The molecule has 5 heteroatoms. The Hall–Kier alpha value is -3.08. The van der Waals surface area contributed by atoms with Gasteiger partial charge in [-0.25, -0.2) is 4.79 Å². The van der Waals surface area contributed by atoms with Crippen molar-refractivity contribution in [3.05, 3.63) is 65.7 Å². The molecule has 0 spiro atoms. The van der Waals surface area contributed by atoms with Crippen molar-refractivity contribution in [1.29, 1.82) is 0 Å². The maximum absolute atomic E-state index is 12.5. The van der Waals surface area contributed by atoms with Crippen molar-refractivity contribution in [2.24, 2.45) is 0 Å². The Balaban J connectivity index is 2.00. The average molecular weight is 366 g/mol. The fraction of sp³-hybridized carbons (Fsp3) is 0.273. The van der Waals surface area contributed by atoms with E-state index in [2.05, 4.69) is 5.32 Å². The monoisotopic (exact) mass is 366 g/mol. The largest absolute Gasteiger partial charge is 0.457 e. The summed E-state index contributed by atoms with van der Waals surface area (Å²) in [6.07, 6.45) is 3.09. The highest BCUT2D eigenvalue weighted by Gasteiger charge is 2.16. The van der Waals surface area contributed by atoms with Gasteiger partial charge in [-0.2, -0.15) is 0 Å². The first-order valence-corrected chi connectivity index (χ1v) is 8.82. The highest BCUT2D eigenvalue weighted by Crippen LogP contribution is 2.22. The molecule has 0 saturated heterocycles. The van der Waals surface area contributed by atoms with Crippen LogP contribution in [0, 0.1) is 0 Å². The number of nitrogens with one attached hydrogen (secondary N) is 1. The number of rotatable bonds is 5. The highest BCUT2D eigenvalue weighted by molar-refractivity contribution is 5.97. The van der Waals surface area contributed by atoms with Crippen LogP contribution in [0.5, 0.6) is 0 Å². The standard InChI is InChI=1S/C22H26N2O3/c1-15(21(26)24-19-8-6-5-7-18(19)23)17-12-9-16(10-13-17)11-14-20(25)27-22(2,3)4/h5-15H,23H2,1-4H3,(H,24,26)/b14-11+/t15-/m1/s1. The lowest BCUT2D eigenvalue weighted by molar-refractivity contribution is -0.148. The number of esters is 1. The molecule has 0 aliphatic heterocycles. The van der Waals surface area contributed by atoms with Crippen molar-refractivity contribution in [2.45, 2.75) is 39.2 Å². The van der Waals surface area contributed by atoms with Crippen LogP contribution in [0.2, 0.25) is 0 Å². The number of hydrogen-bond acceptors (Lipinski definition) is 4. The third kappa shape index (κ3) is 6.29. The van der Waals surface area contributed by atoms with Crippen molar-refractivity contribution in [3.8, 4) is 0 Å². The zero-order valence-corrected chi connectivity index (χ0v) is 16.2. The minimum absolute atomic E-state index is 0.134. The smallest absolute Gasteiger partial charge is 0.331 e. The van der Waals surface area contributed by atoms with E-state index in [1.54, 1.807) is 18.2 Å². The number of amides is 1. The maximum atomic E-state index is 12.5. The fourth-order valence-corrected chi connectivity index (χ4v) is 2.40. The lowest BCUT2D eigenvalue weighted by atomic mass is 9.98. The topological polar surface area (TPSA) is 81.4 Å². The lowest BCUT2D eigenvalue weighted by Crippen LogP contribution is -2.22. The van der Waals surface area contributed by atoms with E-state index in [1.807, 2.05) is 64.1 Å². The molecule has 0 heterocycles. The first-order chi connectivity index (χ1) is 12.7. The predicted molar refractivity (Wildman–Crippen MR) is 109 cm³/mol. The molecule has 1 atom stereocenters. The second-order valence-electron chi connectivity index (χ2n) is 7.33. The van der Waals surface area contributed by atoms with Crippen LogP contribution in [0.1, 0.15) is 44.7 Å². The molecule has 3 N–H and O–H groups in total. The van der Waals surface area contributed by atoms with E-state index < -0.39 is 5.60 Å².